The molecular weight excluding hydrogens is 302 g/mol. The van der Waals surface area contributed by atoms with Gasteiger partial charge >= 0.3 is 0 Å². The number of benzene rings is 2. The first-order valence-electron chi connectivity index (χ1n) is 8.13. The van der Waals surface area contributed by atoms with Gasteiger partial charge in [-0.1, -0.05) is 30.3 Å². The summed E-state index contributed by atoms with van der Waals surface area (Å²) in [6.07, 6.45) is 2.37. The molecule has 124 valence electrons. The molecule has 3 aromatic rings. The number of aromatic amines is 1. The summed E-state index contributed by atoms with van der Waals surface area (Å²) in [6, 6.07) is 15.4. The predicted octanol–water partition coefficient (Wildman–Crippen LogP) is 3.52. The van der Waals surface area contributed by atoms with E-state index in [1.54, 1.807) is 19.2 Å². The summed E-state index contributed by atoms with van der Waals surface area (Å²) < 4.78 is 5.34. The normalized spacial score (nSPS) is 10.9. The molecule has 0 saturated carbocycles. The molecule has 0 aliphatic heterocycles. The third-order valence-corrected chi connectivity index (χ3v) is 4.23. The first kappa shape index (κ1) is 16.3. The number of fused-ring (bicyclic) bond motifs is 1. The van der Waals surface area contributed by atoms with Crippen molar-refractivity contribution in [1.29, 1.82) is 0 Å². The second-order valence-corrected chi connectivity index (χ2v) is 5.77. The number of rotatable bonds is 6. The monoisotopic (exact) mass is 323 g/mol. The number of ether oxygens (including phenoxy) is 1. The average molecular weight is 323 g/mol. The van der Waals surface area contributed by atoms with Crippen LogP contribution in [-0.4, -0.2) is 23.8 Å². The minimum atomic E-state index is -0.0996. The van der Waals surface area contributed by atoms with E-state index >= 15 is 0 Å². The fourth-order valence-corrected chi connectivity index (χ4v) is 3.01. The van der Waals surface area contributed by atoms with Crippen LogP contribution in [0.15, 0.2) is 53.3 Å². The van der Waals surface area contributed by atoms with Gasteiger partial charge in [0.25, 0.3) is 5.56 Å². The number of unbranched alkanes of at least 4 members (excludes halogenated alkanes) is 1. The quantitative estimate of drug-likeness (QED) is 0.682. The summed E-state index contributed by atoms with van der Waals surface area (Å²) in [5.41, 5.74) is 2.82. The molecule has 0 aliphatic carbocycles. The minimum absolute atomic E-state index is 0.0996. The maximum Gasteiger partial charge on any atom is 0.256 e. The maximum absolute atomic E-state index is 12.5. The lowest BCUT2D eigenvalue weighted by molar-refractivity contribution is 0.284. The number of nitrogens with one attached hydrogen (secondary N) is 1. The highest BCUT2D eigenvalue weighted by Gasteiger charge is 2.13. The Kier molecular flexibility index (Phi) is 4.96. The Labute approximate surface area is 140 Å². The molecule has 0 spiro atoms. The van der Waals surface area contributed by atoms with Gasteiger partial charge in [-0.05, 0) is 54.0 Å². The van der Waals surface area contributed by atoms with Gasteiger partial charge in [0.15, 0.2) is 0 Å². The largest absolute Gasteiger partial charge is 0.497 e. The van der Waals surface area contributed by atoms with Crippen molar-refractivity contribution in [2.75, 3.05) is 13.7 Å². The number of aliphatic hydroxyl groups excluding tert-OH is 1. The van der Waals surface area contributed by atoms with Gasteiger partial charge < -0.3 is 14.8 Å². The van der Waals surface area contributed by atoms with Gasteiger partial charge in [-0.2, -0.15) is 0 Å². The SMILES string of the molecule is COc1ccc2c(=O)[nH]c(-c3ccccc3)c(CCCCO)c2c1. The first-order chi connectivity index (χ1) is 11.7. The van der Waals surface area contributed by atoms with E-state index in [-0.39, 0.29) is 12.2 Å². The molecule has 3 rings (SSSR count). The highest BCUT2D eigenvalue weighted by Crippen LogP contribution is 2.30. The van der Waals surface area contributed by atoms with Crippen LogP contribution in [0.5, 0.6) is 5.75 Å². The second-order valence-electron chi connectivity index (χ2n) is 5.77. The molecule has 1 aromatic heterocycles. The van der Waals surface area contributed by atoms with Gasteiger partial charge in [-0.25, -0.2) is 0 Å². The molecule has 0 fully saturated rings. The zero-order valence-electron chi connectivity index (χ0n) is 13.7. The van der Waals surface area contributed by atoms with Crippen LogP contribution < -0.4 is 10.3 Å². The van der Waals surface area contributed by atoms with Gasteiger partial charge in [0, 0.05) is 12.0 Å². The molecule has 0 bridgehead atoms. The van der Waals surface area contributed by atoms with Crippen molar-refractivity contribution in [2.45, 2.75) is 19.3 Å². The van der Waals surface area contributed by atoms with Crippen molar-refractivity contribution in [3.05, 3.63) is 64.4 Å². The van der Waals surface area contributed by atoms with E-state index < -0.39 is 0 Å². The Balaban J connectivity index is 2.25. The van der Waals surface area contributed by atoms with Crippen LogP contribution in [-0.2, 0) is 6.42 Å². The number of aryl methyl sites for hydroxylation is 1. The molecule has 4 nitrogen and oxygen atoms in total. The Morgan fingerprint density at radius 1 is 1.04 bits per heavy atom. The van der Waals surface area contributed by atoms with Crippen molar-refractivity contribution in [3.63, 3.8) is 0 Å². The predicted molar refractivity (Wildman–Crippen MR) is 96.6 cm³/mol. The zero-order chi connectivity index (χ0) is 16.9. The van der Waals surface area contributed by atoms with Gasteiger partial charge in [0.2, 0.25) is 0 Å². The lowest BCUT2D eigenvalue weighted by Crippen LogP contribution is -2.11. The van der Waals surface area contributed by atoms with Crippen molar-refractivity contribution >= 4 is 10.8 Å². The van der Waals surface area contributed by atoms with Gasteiger partial charge in [-0.3, -0.25) is 4.79 Å². The first-order valence-corrected chi connectivity index (χ1v) is 8.13. The summed E-state index contributed by atoms with van der Waals surface area (Å²) in [5, 5.41) is 10.7. The smallest absolute Gasteiger partial charge is 0.256 e. The summed E-state index contributed by atoms with van der Waals surface area (Å²) in [7, 11) is 1.62. The highest BCUT2D eigenvalue weighted by atomic mass is 16.5. The van der Waals surface area contributed by atoms with Crippen LogP contribution >= 0.6 is 0 Å². The van der Waals surface area contributed by atoms with Crippen molar-refractivity contribution in [3.8, 4) is 17.0 Å². The zero-order valence-corrected chi connectivity index (χ0v) is 13.7. The number of hydrogen-bond acceptors (Lipinski definition) is 3. The van der Waals surface area contributed by atoms with E-state index in [0.29, 0.717) is 5.39 Å². The van der Waals surface area contributed by atoms with Crippen molar-refractivity contribution in [2.24, 2.45) is 0 Å². The third-order valence-electron chi connectivity index (χ3n) is 4.23. The van der Waals surface area contributed by atoms with Crippen molar-refractivity contribution < 1.29 is 9.84 Å². The molecule has 0 atom stereocenters. The van der Waals surface area contributed by atoms with Crippen LogP contribution in [0, 0.1) is 0 Å². The Bertz CT molecular complexity index is 885. The van der Waals surface area contributed by atoms with E-state index in [0.717, 1.165) is 47.2 Å². The van der Waals surface area contributed by atoms with Crippen LogP contribution in [0.4, 0.5) is 0 Å². The Morgan fingerprint density at radius 2 is 1.83 bits per heavy atom. The molecule has 0 amide bonds. The number of pyridine rings is 1. The average Bonchev–Trinajstić information content (AvgIpc) is 2.63. The maximum atomic E-state index is 12.5. The molecular formula is C20H21NO3. The molecule has 1 heterocycles. The number of aliphatic hydroxyl groups is 1. The van der Waals surface area contributed by atoms with Crippen molar-refractivity contribution in [1.82, 2.24) is 4.98 Å². The van der Waals surface area contributed by atoms with Gasteiger partial charge in [0.05, 0.1) is 12.8 Å². The van der Waals surface area contributed by atoms with E-state index in [2.05, 4.69) is 4.98 Å². The standard InChI is InChI=1S/C20H21NO3/c1-24-15-10-11-17-18(13-15)16(9-5-6-12-22)19(21-20(17)23)14-7-3-2-4-8-14/h2-4,7-8,10-11,13,22H,5-6,9,12H2,1H3,(H,21,23). The van der Waals surface area contributed by atoms with E-state index in [1.807, 2.05) is 36.4 Å². The fourth-order valence-electron chi connectivity index (χ4n) is 3.01. The summed E-state index contributed by atoms with van der Waals surface area (Å²) in [4.78, 5) is 15.6. The van der Waals surface area contributed by atoms with Crippen LogP contribution in [0.25, 0.3) is 22.0 Å². The third kappa shape index (κ3) is 3.19. The van der Waals surface area contributed by atoms with Crippen LogP contribution in [0.1, 0.15) is 18.4 Å². The number of hydrogen-bond donors (Lipinski definition) is 2. The summed E-state index contributed by atoms with van der Waals surface area (Å²) in [6.45, 7) is 0.172. The number of H-pyrrole nitrogens is 1. The summed E-state index contributed by atoms with van der Waals surface area (Å²) in [5.74, 6) is 0.732. The Morgan fingerprint density at radius 3 is 2.54 bits per heavy atom. The minimum Gasteiger partial charge on any atom is -0.497 e. The van der Waals surface area contributed by atoms with E-state index in [1.165, 1.54) is 0 Å². The number of methoxy groups -OCH3 is 1. The lowest BCUT2D eigenvalue weighted by Gasteiger charge is -2.14. The van der Waals surface area contributed by atoms with E-state index in [4.69, 9.17) is 9.84 Å². The molecule has 2 aromatic carbocycles. The van der Waals surface area contributed by atoms with Gasteiger partial charge in [-0.15, -0.1) is 0 Å². The lowest BCUT2D eigenvalue weighted by atomic mass is 9.95. The molecule has 0 radical (unpaired) electrons. The Hall–Kier alpha value is -2.59. The van der Waals surface area contributed by atoms with E-state index in [9.17, 15) is 4.79 Å². The molecule has 2 N–H and O–H groups in total. The second kappa shape index (κ2) is 7.32. The van der Waals surface area contributed by atoms with Crippen LogP contribution in [0.3, 0.4) is 0 Å². The summed E-state index contributed by atoms with van der Waals surface area (Å²) >= 11 is 0. The molecule has 0 aliphatic rings. The topological polar surface area (TPSA) is 62.3 Å². The molecule has 4 heteroatoms. The molecule has 0 unspecified atom stereocenters. The molecule has 24 heavy (non-hydrogen) atoms. The van der Waals surface area contributed by atoms with Crippen LogP contribution in [0.2, 0.25) is 0 Å². The van der Waals surface area contributed by atoms with Gasteiger partial charge in [0.1, 0.15) is 5.75 Å². The molecule has 0 saturated heterocycles. The number of aromatic nitrogens is 1. The fraction of sp³-hybridized carbons (Fsp3) is 0.250. The highest BCUT2D eigenvalue weighted by molar-refractivity contribution is 5.90.